The van der Waals surface area contributed by atoms with E-state index < -0.39 is 11.7 Å². The molecule has 5 heteroatoms. The monoisotopic (exact) mass is 260 g/mol. The molecule has 0 saturated carbocycles. The zero-order chi connectivity index (χ0) is 13.8. The maximum atomic E-state index is 13.5. The highest BCUT2D eigenvalue weighted by Gasteiger charge is 2.07. The summed E-state index contributed by atoms with van der Waals surface area (Å²) in [6.45, 7) is 0.0108. The van der Waals surface area contributed by atoms with Crippen LogP contribution in [0.25, 0.3) is 0 Å². The molecule has 0 aliphatic carbocycles. The zero-order valence-electron chi connectivity index (χ0n) is 10.1. The molecule has 2 aromatic carbocycles. The minimum atomic E-state index is -0.603. The molecule has 98 valence electrons. The van der Waals surface area contributed by atoms with Gasteiger partial charge in [0, 0.05) is 16.8 Å². The second-order valence-corrected chi connectivity index (χ2v) is 4.03. The topological polar surface area (TPSA) is 78.3 Å². The van der Waals surface area contributed by atoms with Crippen LogP contribution in [0.3, 0.4) is 0 Å². The van der Waals surface area contributed by atoms with E-state index in [0.29, 0.717) is 11.4 Å². The van der Waals surface area contributed by atoms with Gasteiger partial charge in [-0.05, 0) is 42.5 Å². The Kier molecular flexibility index (Phi) is 3.66. The molecular weight excluding hydrogens is 247 g/mol. The number of benzene rings is 2. The molecule has 0 saturated heterocycles. The largest absolute Gasteiger partial charge is 0.489 e. The molecule has 0 radical (unpaired) electrons. The second kappa shape index (κ2) is 5.39. The van der Waals surface area contributed by atoms with E-state index in [0.717, 1.165) is 0 Å². The summed E-state index contributed by atoms with van der Waals surface area (Å²) in [5.74, 6) is -0.479. The summed E-state index contributed by atoms with van der Waals surface area (Å²) in [5.41, 5.74) is 11.8. The minimum Gasteiger partial charge on any atom is -0.489 e. The molecule has 0 bridgehead atoms. The SMILES string of the molecule is NC(=O)c1ccc(F)c(COc2ccc(N)cc2)c1. The third kappa shape index (κ3) is 3.22. The van der Waals surface area contributed by atoms with Crippen LogP contribution in [0.1, 0.15) is 15.9 Å². The van der Waals surface area contributed by atoms with Crippen molar-refractivity contribution in [3.63, 3.8) is 0 Å². The lowest BCUT2D eigenvalue weighted by molar-refractivity contribution is 0.1000. The van der Waals surface area contributed by atoms with Crippen LogP contribution in [-0.4, -0.2) is 5.91 Å². The van der Waals surface area contributed by atoms with E-state index in [4.69, 9.17) is 16.2 Å². The van der Waals surface area contributed by atoms with Crippen molar-refractivity contribution >= 4 is 11.6 Å². The van der Waals surface area contributed by atoms with Crippen LogP contribution in [0, 0.1) is 5.82 Å². The van der Waals surface area contributed by atoms with Crippen molar-refractivity contribution < 1.29 is 13.9 Å². The Morgan fingerprint density at radius 2 is 1.84 bits per heavy atom. The van der Waals surface area contributed by atoms with Gasteiger partial charge in [0.05, 0.1) is 0 Å². The Hall–Kier alpha value is -2.56. The first-order chi connectivity index (χ1) is 9.06. The summed E-state index contributed by atoms with van der Waals surface area (Å²) in [7, 11) is 0. The van der Waals surface area contributed by atoms with Gasteiger partial charge in [0.15, 0.2) is 0 Å². The Morgan fingerprint density at radius 1 is 1.16 bits per heavy atom. The predicted octanol–water partition coefficient (Wildman–Crippen LogP) is 2.09. The van der Waals surface area contributed by atoms with E-state index in [9.17, 15) is 9.18 Å². The van der Waals surface area contributed by atoms with Crippen LogP contribution in [-0.2, 0) is 6.61 Å². The number of carbonyl (C=O) groups is 1. The van der Waals surface area contributed by atoms with Gasteiger partial charge in [0.1, 0.15) is 18.2 Å². The summed E-state index contributed by atoms with van der Waals surface area (Å²) in [5, 5.41) is 0. The van der Waals surface area contributed by atoms with Gasteiger partial charge in [-0.1, -0.05) is 0 Å². The zero-order valence-corrected chi connectivity index (χ0v) is 10.1. The first-order valence-corrected chi connectivity index (χ1v) is 5.63. The molecule has 0 aliphatic heterocycles. The number of nitrogen functional groups attached to an aromatic ring is 1. The summed E-state index contributed by atoms with van der Waals surface area (Å²) >= 11 is 0. The lowest BCUT2D eigenvalue weighted by atomic mass is 10.1. The summed E-state index contributed by atoms with van der Waals surface area (Å²) in [6, 6.07) is 10.7. The molecule has 0 aliphatic rings. The number of hydrogen-bond donors (Lipinski definition) is 2. The van der Waals surface area contributed by atoms with Gasteiger partial charge in [-0.3, -0.25) is 4.79 Å². The van der Waals surface area contributed by atoms with Gasteiger partial charge in [0.25, 0.3) is 0 Å². The molecule has 2 rings (SSSR count). The lowest BCUT2D eigenvalue weighted by Crippen LogP contribution is -2.12. The maximum absolute atomic E-state index is 13.5. The molecule has 1 amide bonds. The number of halogens is 1. The molecule has 19 heavy (non-hydrogen) atoms. The summed E-state index contributed by atoms with van der Waals surface area (Å²) in [6.07, 6.45) is 0. The Bertz CT molecular complexity index is 597. The molecule has 2 aromatic rings. The fourth-order valence-corrected chi connectivity index (χ4v) is 1.56. The molecule has 0 atom stereocenters. The third-order valence-electron chi connectivity index (χ3n) is 2.60. The number of hydrogen-bond acceptors (Lipinski definition) is 3. The van der Waals surface area contributed by atoms with Gasteiger partial charge in [-0.15, -0.1) is 0 Å². The number of carbonyl (C=O) groups excluding carboxylic acids is 1. The smallest absolute Gasteiger partial charge is 0.248 e. The summed E-state index contributed by atoms with van der Waals surface area (Å²) < 4.78 is 19.0. The molecule has 0 spiro atoms. The standard InChI is InChI=1S/C14H13FN2O2/c15-13-6-1-9(14(17)18)7-10(13)8-19-12-4-2-11(16)3-5-12/h1-7H,8,16H2,(H2,17,18). The van der Waals surface area contributed by atoms with Crippen LogP contribution in [0.4, 0.5) is 10.1 Å². The van der Waals surface area contributed by atoms with Crippen LogP contribution >= 0.6 is 0 Å². The van der Waals surface area contributed by atoms with Crippen LogP contribution in [0.5, 0.6) is 5.75 Å². The predicted molar refractivity (Wildman–Crippen MR) is 70.1 cm³/mol. The maximum Gasteiger partial charge on any atom is 0.248 e. The fourth-order valence-electron chi connectivity index (χ4n) is 1.56. The van der Waals surface area contributed by atoms with Crippen LogP contribution < -0.4 is 16.2 Å². The van der Waals surface area contributed by atoms with Gasteiger partial charge >= 0.3 is 0 Å². The molecular formula is C14H13FN2O2. The van der Waals surface area contributed by atoms with Gasteiger partial charge in [0.2, 0.25) is 5.91 Å². The average Bonchev–Trinajstić information content (AvgIpc) is 2.39. The molecule has 0 heterocycles. The Labute approximate surface area is 109 Å². The highest BCUT2D eigenvalue weighted by atomic mass is 19.1. The number of nitrogens with two attached hydrogens (primary N) is 2. The highest BCUT2D eigenvalue weighted by Crippen LogP contribution is 2.17. The van der Waals surface area contributed by atoms with Gasteiger partial charge < -0.3 is 16.2 Å². The van der Waals surface area contributed by atoms with Crippen molar-refractivity contribution in [1.29, 1.82) is 0 Å². The van der Waals surface area contributed by atoms with Crippen molar-refractivity contribution in [2.75, 3.05) is 5.73 Å². The lowest BCUT2D eigenvalue weighted by Gasteiger charge is -2.08. The number of anilines is 1. The number of ether oxygens (including phenoxy) is 1. The van der Waals surface area contributed by atoms with Crippen LogP contribution in [0.15, 0.2) is 42.5 Å². The van der Waals surface area contributed by atoms with Crippen LogP contribution in [0.2, 0.25) is 0 Å². The Morgan fingerprint density at radius 3 is 2.47 bits per heavy atom. The number of primary amides is 1. The van der Waals surface area contributed by atoms with E-state index in [1.54, 1.807) is 24.3 Å². The third-order valence-corrected chi connectivity index (χ3v) is 2.60. The first kappa shape index (κ1) is 12.9. The second-order valence-electron chi connectivity index (χ2n) is 4.03. The Balaban J connectivity index is 2.12. The van der Waals surface area contributed by atoms with Crippen molar-refractivity contribution in [2.45, 2.75) is 6.61 Å². The van der Waals surface area contributed by atoms with E-state index >= 15 is 0 Å². The fraction of sp³-hybridized carbons (Fsp3) is 0.0714. The molecule has 4 nitrogen and oxygen atoms in total. The minimum absolute atomic E-state index is 0.0108. The van der Waals surface area contributed by atoms with E-state index in [2.05, 4.69) is 0 Å². The van der Waals surface area contributed by atoms with Crippen molar-refractivity contribution in [1.82, 2.24) is 0 Å². The van der Waals surface area contributed by atoms with Gasteiger partial charge in [-0.25, -0.2) is 4.39 Å². The van der Waals surface area contributed by atoms with Crippen molar-refractivity contribution in [2.24, 2.45) is 5.73 Å². The molecule has 0 unspecified atom stereocenters. The highest BCUT2D eigenvalue weighted by molar-refractivity contribution is 5.92. The number of rotatable bonds is 4. The van der Waals surface area contributed by atoms with Gasteiger partial charge in [-0.2, -0.15) is 0 Å². The number of amides is 1. The quantitative estimate of drug-likeness (QED) is 0.826. The van der Waals surface area contributed by atoms with E-state index in [1.807, 2.05) is 0 Å². The van der Waals surface area contributed by atoms with E-state index in [1.165, 1.54) is 18.2 Å². The molecule has 4 N–H and O–H groups in total. The van der Waals surface area contributed by atoms with Crippen molar-refractivity contribution in [3.05, 3.63) is 59.4 Å². The average molecular weight is 260 g/mol. The first-order valence-electron chi connectivity index (χ1n) is 5.63. The van der Waals surface area contributed by atoms with E-state index in [-0.39, 0.29) is 17.7 Å². The molecule has 0 aromatic heterocycles. The normalized spacial score (nSPS) is 10.2. The summed E-state index contributed by atoms with van der Waals surface area (Å²) in [4.78, 5) is 11.0. The van der Waals surface area contributed by atoms with Crippen molar-refractivity contribution in [3.8, 4) is 5.75 Å². The molecule has 0 fully saturated rings.